The summed E-state index contributed by atoms with van der Waals surface area (Å²) < 4.78 is 26.3. The Bertz CT molecular complexity index is 507. The average Bonchev–Trinajstić information content (AvgIpc) is 2.36. The SMILES string of the molecule is CCCNS(=O)(=O)c1ccc(N2CC(CO)C2)cc1. The highest BCUT2D eigenvalue weighted by atomic mass is 32.2. The van der Waals surface area contributed by atoms with Gasteiger partial charge in [-0.3, -0.25) is 0 Å². The first-order valence-electron chi connectivity index (χ1n) is 6.52. The molecule has 2 N–H and O–H groups in total. The lowest BCUT2D eigenvalue weighted by Gasteiger charge is -2.40. The van der Waals surface area contributed by atoms with Crippen molar-refractivity contribution < 1.29 is 13.5 Å². The zero-order chi connectivity index (χ0) is 13.9. The predicted octanol–water partition coefficient (Wildman–Crippen LogP) is 0.803. The van der Waals surface area contributed by atoms with E-state index in [4.69, 9.17) is 5.11 Å². The summed E-state index contributed by atoms with van der Waals surface area (Å²) in [4.78, 5) is 2.42. The maximum Gasteiger partial charge on any atom is 0.240 e. The van der Waals surface area contributed by atoms with Gasteiger partial charge in [0.05, 0.1) is 4.90 Å². The second-order valence-electron chi connectivity index (χ2n) is 4.85. The van der Waals surface area contributed by atoms with Crippen molar-refractivity contribution in [1.29, 1.82) is 0 Å². The van der Waals surface area contributed by atoms with Gasteiger partial charge in [-0.05, 0) is 30.7 Å². The Morgan fingerprint density at radius 1 is 1.32 bits per heavy atom. The molecule has 1 aliphatic heterocycles. The number of anilines is 1. The molecule has 0 aromatic heterocycles. The number of nitrogens with one attached hydrogen (secondary N) is 1. The van der Waals surface area contributed by atoms with Crippen LogP contribution in [0.1, 0.15) is 13.3 Å². The van der Waals surface area contributed by atoms with Crippen LogP contribution in [-0.2, 0) is 10.0 Å². The minimum atomic E-state index is -3.38. The van der Waals surface area contributed by atoms with Gasteiger partial charge in [0, 0.05) is 37.8 Å². The highest BCUT2D eigenvalue weighted by Gasteiger charge is 2.26. The largest absolute Gasteiger partial charge is 0.396 e. The monoisotopic (exact) mass is 284 g/mol. The number of benzene rings is 1. The highest BCUT2D eigenvalue weighted by Crippen LogP contribution is 2.25. The van der Waals surface area contributed by atoms with Crippen LogP contribution in [-0.4, -0.2) is 39.8 Å². The lowest BCUT2D eigenvalue weighted by atomic mass is 10.0. The summed E-state index contributed by atoms with van der Waals surface area (Å²) in [6.45, 7) is 4.25. The van der Waals surface area contributed by atoms with Crippen LogP contribution in [0, 0.1) is 5.92 Å². The van der Waals surface area contributed by atoms with Crippen molar-refractivity contribution in [2.45, 2.75) is 18.2 Å². The summed E-state index contributed by atoms with van der Waals surface area (Å²) in [6, 6.07) is 6.88. The van der Waals surface area contributed by atoms with E-state index in [0.29, 0.717) is 17.4 Å². The number of aliphatic hydroxyl groups excluding tert-OH is 1. The average molecular weight is 284 g/mol. The topological polar surface area (TPSA) is 69.6 Å². The lowest BCUT2D eigenvalue weighted by Crippen LogP contribution is -2.48. The van der Waals surface area contributed by atoms with Gasteiger partial charge >= 0.3 is 0 Å². The fourth-order valence-electron chi connectivity index (χ4n) is 2.05. The van der Waals surface area contributed by atoms with Crippen LogP contribution >= 0.6 is 0 Å². The van der Waals surface area contributed by atoms with Gasteiger partial charge < -0.3 is 10.0 Å². The summed E-state index contributed by atoms with van der Waals surface area (Å²) in [5.41, 5.74) is 0.999. The van der Waals surface area contributed by atoms with E-state index in [1.807, 2.05) is 19.1 Å². The fraction of sp³-hybridized carbons (Fsp3) is 0.538. The van der Waals surface area contributed by atoms with E-state index >= 15 is 0 Å². The zero-order valence-electron chi connectivity index (χ0n) is 11.0. The van der Waals surface area contributed by atoms with Gasteiger partial charge in [0.2, 0.25) is 10.0 Å². The molecule has 1 heterocycles. The number of hydrogen-bond acceptors (Lipinski definition) is 4. The molecule has 0 unspecified atom stereocenters. The molecule has 1 aliphatic rings. The number of aliphatic hydroxyl groups is 1. The predicted molar refractivity (Wildman–Crippen MR) is 74.7 cm³/mol. The molecule has 6 heteroatoms. The minimum absolute atomic E-state index is 0.212. The lowest BCUT2D eigenvalue weighted by molar-refractivity contribution is 0.201. The fourth-order valence-corrected chi connectivity index (χ4v) is 3.19. The van der Waals surface area contributed by atoms with Gasteiger partial charge in [-0.25, -0.2) is 13.1 Å². The first kappa shape index (κ1) is 14.3. The standard InChI is InChI=1S/C13H20N2O3S/c1-2-7-14-19(17,18)13-5-3-12(4-6-13)15-8-11(9-15)10-16/h3-6,11,14,16H,2,7-10H2,1H3. The molecule has 0 saturated carbocycles. The molecule has 1 aromatic carbocycles. The highest BCUT2D eigenvalue weighted by molar-refractivity contribution is 7.89. The molecule has 2 rings (SSSR count). The molecule has 0 atom stereocenters. The number of nitrogens with zero attached hydrogens (tertiary/aromatic N) is 1. The molecule has 1 aromatic rings. The van der Waals surface area contributed by atoms with Crippen LogP contribution in [0.2, 0.25) is 0 Å². The van der Waals surface area contributed by atoms with E-state index in [2.05, 4.69) is 9.62 Å². The summed E-state index contributed by atoms with van der Waals surface area (Å²) in [5, 5.41) is 8.97. The van der Waals surface area contributed by atoms with Crippen LogP contribution < -0.4 is 9.62 Å². The Labute approximate surface area is 114 Å². The normalized spacial score (nSPS) is 16.4. The van der Waals surface area contributed by atoms with Gasteiger partial charge in [0.15, 0.2) is 0 Å². The van der Waals surface area contributed by atoms with Crippen LogP contribution in [0.5, 0.6) is 0 Å². The molecular weight excluding hydrogens is 264 g/mol. The molecule has 0 amide bonds. The van der Waals surface area contributed by atoms with Crippen LogP contribution in [0.4, 0.5) is 5.69 Å². The molecule has 0 aliphatic carbocycles. The molecule has 0 bridgehead atoms. The molecule has 1 fully saturated rings. The number of hydrogen-bond donors (Lipinski definition) is 2. The summed E-state index contributed by atoms with van der Waals surface area (Å²) in [6.07, 6.45) is 0.771. The molecule has 1 saturated heterocycles. The summed E-state index contributed by atoms with van der Waals surface area (Å²) >= 11 is 0. The molecule has 19 heavy (non-hydrogen) atoms. The molecule has 106 valence electrons. The van der Waals surface area contributed by atoms with Crippen molar-refractivity contribution in [3.05, 3.63) is 24.3 Å². The van der Waals surface area contributed by atoms with Crippen molar-refractivity contribution >= 4 is 15.7 Å². The van der Waals surface area contributed by atoms with E-state index in [1.165, 1.54) is 0 Å². The van der Waals surface area contributed by atoms with Gasteiger partial charge in [-0.1, -0.05) is 6.92 Å². The summed E-state index contributed by atoms with van der Waals surface area (Å²) in [7, 11) is -3.38. The first-order chi connectivity index (χ1) is 9.06. The van der Waals surface area contributed by atoms with Crippen molar-refractivity contribution in [3.8, 4) is 0 Å². The Balaban J connectivity index is 2.03. The van der Waals surface area contributed by atoms with Crippen molar-refractivity contribution in [3.63, 3.8) is 0 Å². The first-order valence-corrected chi connectivity index (χ1v) is 8.00. The van der Waals surface area contributed by atoms with E-state index in [0.717, 1.165) is 25.2 Å². The van der Waals surface area contributed by atoms with Crippen LogP contribution in [0.25, 0.3) is 0 Å². The van der Waals surface area contributed by atoms with Crippen LogP contribution in [0.15, 0.2) is 29.2 Å². The Kier molecular flexibility index (Phi) is 4.44. The van der Waals surface area contributed by atoms with E-state index < -0.39 is 10.0 Å². The summed E-state index contributed by atoms with van der Waals surface area (Å²) in [5.74, 6) is 0.342. The maximum atomic E-state index is 11.9. The third-order valence-electron chi connectivity index (χ3n) is 3.27. The number of rotatable bonds is 6. The van der Waals surface area contributed by atoms with Crippen molar-refractivity contribution in [1.82, 2.24) is 4.72 Å². The third kappa shape index (κ3) is 3.26. The van der Waals surface area contributed by atoms with E-state index in [-0.39, 0.29) is 6.61 Å². The number of sulfonamides is 1. The van der Waals surface area contributed by atoms with E-state index in [9.17, 15) is 8.42 Å². The van der Waals surface area contributed by atoms with Crippen molar-refractivity contribution in [2.75, 3.05) is 31.1 Å². The Hall–Kier alpha value is -1.11. The molecule has 0 radical (unpaired) electrons. The van der Waals surface area contributed by atoms with Gasteiger partial charge in [-0.15, -0.1) is 0 Å². The molecule has 5 nitrogen and oxygen atoms in total. The van der Waals surface area contributed by atoms with Crippen LogP contribution in [0.3, 0.4) is 0 Å². The third-order valence-corrected chi connectivity index (χ3v) is 4.75. The van der Waals surface area contributed by atoms with Gasteiger partial charge in [0.1, 0.15) is 0 Å². The van der Waals surface area contributed by atoms with Gasteiger partial charge in [-0.2, -0.15) is 0 Å². The molecule has 0 spiro atoms. The Morgan fingerprint density at radius 2 is 1.95 bits per heavy atom. The Morgan fingerprint density at radius 3 is 2.47 bits per heavy atom. The second kappa shape index (κ2) is 5.90. The molecular formula is C13H20N2O3S. The smallest absolute Gasteiger partial charge is 0.240 e. The second-order valence-corrected chi connectivity index (χ2v) is 6.61. The van der Waals surface area contributed by atoms with E-state index in [1.54, 1.807) is 12.1 Å². The maximum absolute atomic E-state index is 11.9. The zero-order valence-corrected chi connectivity index (χ0v) is 11.9. The van der Waals surface area contributed by atoms with Gasteiger partial charge in [0.25, 0.3) is 0 Å². The van der Waals surface area contributed by atoms with Crippen molar-refractivity contribution in [2.24, 2.45) is 5.92 Å². The quantitative estimate of drug-likeness (QED) is 0.811. The minimum Gasteiger partial charge on any atom is -0.396 e.